The number of benzene rings is 1. The van der Waals surface area contributed by atoms with E-state index in [1.54, 1.807) is 0 Å². The molecular weight excluding hydrogens is 240 g/mol. The average molecular weight is 262 g/mol. The number of nitrogens with two attached hydrogens (primary N) is 1. The second-order valence-corrected chi connectivity index (χ2v) is 4.82. The first-order valence-electron chi connectivity index (χ1n) is 7.01. The summed E-state index contributed by atoms with van der Waals surface area (Å²) in [6, 6.07) is 9.75. The van der Waals surface area contributed by atoms with Gasteiger partial charge in [0.2, 0.25) is 0 Å². The van der Waals surface area contributed by atoms with Crippen molar-refractivity contribution in [3.63, 3.8) is 0 Å². The van der Waals surface area contributed by atoms with Gasteiger partial charge in [-0.25, -0.2) is 0 Å². The summed E-state index contributed by atoms with van der Waals surface area (Å²) in [5, 5.41) is 0. The molecule has 1 saturated heterocycles. The van der Waals surface area contributed by atoms with Gasteiger partial charge >= 0.3 is 0 Å². The molecule has 0 aromatic heterocycles. The minimum atomic E-state index is -0.285. The zero-order chi connectivity index (χ0) is 13.5. The monoisotopic (exact) mass is 262 g/mol. The van der Waals surface area contributed by atoms with Crippen molar-refractivity contribution in [1.29, 1.82) is 0 Å². The molecule has 1 aromatic carbocycles. The van der Waals surface area contributed by atoms with Crippen molar-refractivity contribution in [3.8, 4) is 0 Å². The Kier molecular flexibility index (Phi) is 5.36. The van der Waals surface area contributed by atoms with Gasteiger partial charge < -0.3 is 15.4 Å². The number of amides is 1. The van der Waals surface area contributed by atoms with Gasteiger partial charge in [-0.3, -0.25) is 4.79 Å². The third-order valence-corrected chi connectivity index (χ3v) is 3.37. The van der Waals surface area contributed by atoms with Crippen LogP contribution in [0.4, 0.5) is 5.69 Å². The van der Waals surface area contributed by atoms with E-state index in [-0.39, 0.29) is 12.0 Å². The maximum atomic E-state index is 12.6. The Morgan fingerprint density at radius 2 is 2.11 bits per heavy atom. The summed E-state index contributed by atoms with van der Waals surface area (Å²) in [7, 11) is 0. The van der Waals surface area contributed by atoms with Crippen LogP contribution in [-0.4, -0.2) is 31.7 Å². The van der Waals surface area contributed by atoms with Crippen LogP contribution >= 0.6 is 0 Å². The molecule has 0 spiro atoms. The van der Waals surface area contributed by atoms with Crippen molar-refractivity contribution in [2.24, 2.45) is 5.73 Å². The van der Waals surface area contributed by atoms with Crippen LogP contribution in [-0.2, 0) is 9.53 Å². The molecule has 19 heavy (non-hydrogen) atoms. The molecule has 0 aliphatic carbocycles. The molecule has 1 fully saturated rings. The van der Waals surface area contributed by atoms with Crippen molar-refractivity contribution in [2.75, 3.05) is 24.6 Å². The van der Waals surface area contributed by atoms with E-state index in [9.17, 15) is 4.79 Å². The summed E-state index contributed by atoms with van der Waals surface area (Å²) in [6.45, 7) is 1.93. The van der Waals surface area contributed by atoms with E-state index < -0.39 is 0 Å². The summed E-state index contributed by atoms with van der Waals surface area (Å²) < 4.78 is 5.60. The first-order chi connectivity index (χ1) is 9.33. The van der Waals surface area contributed by atoms with Crippen LogP contribution < -0.4 is 10.6 Å². The summed E-state index contributed by atoms with van der Waals surface area (Å²) in [5.41, 5.74) is 6.49. The number of ether oxygens (including phenoxy) is 1. The topological polar surface area (TPSA) is 55.6 Å². The molecule has 104 valence electrons. The smallest absolute Gasteiger partial charge is 0.256 e. The number of para-hydroxylation sites is 1. The second-order valence-electron chi connectivity index (χ2n) is 4.82. The molecule has 4 nitrogen and oxygen atoms in total. The summed E-state index contributed by atoms with van der Waals surface area (Å²) in [5.74, 6) is 0.0688. The number of anilines is 1. The van der Waals surface area contributed by atoms with E-state index in [1.807, 2.05) is 35.2 Å². The van der Waals surface area contributed by atoms with E-state index in [4.69, 9.17) is 10.5 Å². The van der Waals surface area contributed by atoms with Crippen LogP contribution in [0.2, 0.25) is 0 Å². The molecule has 1 heterocycles. The first kappa shape index (κ1) is 14.0. The third-order valence-electron chi connectivity index (χ3n) is 3.37. The summed E-state index contributed by atoms with van der Waals surface area (Å²) in [6.07, 6.45) is 3.46. The Labute approximate surface area is 114 Å². The van der Waals surface area contributed by atoms with Crippen LogP contribution in [0.5, 0.6) is 0 Å². The lowest BCUT2D eigenvalue weighted by Crippen LogP contribution is -2.43. The number of nitrogens with zero attached hydrogens (tertiary/aromatic N) is 1. The molecule has 1 amide bonds. The third kappa shape index (κ3) is 3.78. The lowest BCUT2D eigenvalue weighted by atomic mass is 10.1. The molecular formula is C15H22N2O2. The molecule has 1 aliphatic heterocycles. The highest BCUT2D eigenvalue weighted by molar-refractivity contribution is 5.96. The quantitative estimate of drug-likeness (QED) is 0.882. The summed E-state index contributed by atoms with van der Waals surface area (Å²) >= 11 is 0. The van der Waals surface area contributed by atoms with Crippen LogP contribution in [0, 0.1) is 0 Å². The second kappa shape index (κ2) is 7.26. The van der Waals surface area contributed by atoms with Gasteiger partial charge in [0, 0.05) is 18.8 Å². The van der Waals surface area contributed by atoms with Crippen molar-refractivity contribution in [3.05, 3.63) is 30.3 Å². The number of carbonyl (C=O) groups excluding carboxylic acids is 1. The lowest BCUT2D eigenvalue weighted by molar-refractivity contribution is -0.132. The van der Waals surface area contributed by atoms with E-state index in [0.717, 1.165) is 31.4 Å². The maximum absolute atomic E-state index is 12.6. The Morgan fingerprint density at radius 1 is 1.32 bits per heavy atom. The standard InChI is InChI=1S/C15H22N2O2/c16-10-6-11-17(13-7-2-1-3-8-13)15(18)14-9-4-5-12-19-14/h1-3,7-8,14H,4-6,9-12,16H2. The van der Waals surface area contributed by atoms with Crippen molar-refractivity contribution in [2.45, 2.75) is 31.8 Å². The Balaban J connectivity index is 2.10. The van der Waals surface area contributed by atoms with Crippen molar-refractivity contribution in [1.82, 2.24) is 0 Å². The zero-order valence-corrected chi connectivity index (χ0v) is 11.3. The number of rotatable bonds is 5. The van der Waals surface area contributed by atoms with Crippen molar-refractivity contribution >= 4 is 11.6 Å². The molecule has 0 bridgehead atoms. The normalized spacial score (nSPS) is 19.1. The van der Waals surface area contributed by atoms with Crippen LogP contribution in [0.15, 0.2) is 30.3 Å². The van der Waals surface area contributed by atoms with Gasteiger partial charge in [0.25, 0.3) is 5.91 Å². The molecule has 2 rings (SSSR count). The fraction of sp³-hybridized carbons (Fsp3) is 0.533. The molecule has 1 aromatic rings. The molecule has 1 aliphatic rings. The highest BCUT2D eigenvalue weighted by atomic mass is 16.5. The number of hydrogen-bond donors (Lipinski definition) is 1. The lowest BCUT2D eigenvalue weighted by Gasteiger charge is -2.29. The maximum Gasteiger partial charge on any atom is 0.256 e. The van der Waals surface area contributed by atoms with Gasteiger partial charge in [-0.2, -0.15) is 0 Å². The fourth-order valence-electron chi connectivity index (χ4n) is 2.33. The molecule has 4 heteroatoms. The van der Waals surface area contributed by atoms with Gasteiger partial charge in [-0.1, -0.05) is 18.2 Å². The predicted molar refractivity (Wildman–Crippen MR) is 76.1 cm³/mol. The minimum Gasteiger partial charge on any atom is -0.368 e. The molecule has 0 radical (unpaired) electrons. The highest BCUT2D eigenvalue weighted by Gasteiger charge is 2.27. The van der Waals surface area contributed by atoms with Crippen LogP contribution in [0.1, 0.15) is 25.7 Å². The van der Waals surface area contributed by atoms with E-state index >= 15 is 0 Å². The van der Waals surface area contributed by atoms with Gasteiger partial charge in [-0.15, -0.1) is 0 Å². The average Bonchev–Trinajstić information content (AvgIpc) is 2.49. The zero-order valence-electron chi connectivity index (χ0n) is 11.3. The molecule has 0 saturated carbocycles. The highest BCUT2D eigenvalue weighted by Crippen LogP contribution is 2.20. The Bertz CT molecular complexity index is 388. The first-order valence-corrected chi connectivity index (χ1v) is 7.01. The summed E-state index contributed by atoms with van der Waals surface area (Å²) in [4.78, 5) is 14.4. The number of carbonyl (C=O) groups is 1. The Hall–Kier alpha value is -1.39. The van der Waals surface area contributed by atoms with E-state index in [2.05, 4.69) is 0 Å². The van der Waals surface area contributed by atoms with E-state index in [1.165, 1.54) is 0 Å². The van der Waals surface area contributed by atoms with Crippen molar-refractivity contribution < 1.29 is 9.53 Å². The minimum absolute atomic E-state index is 0.0688. The van der Waals surface area contributed by atoms with Gasteiger partial charge in [-0.05, 0) is 44.4 Å². The van der Waals surface area contributed by atoms with Gasteiger partial charge in [0.15, 0.2) is 0 Å². The fourth-order valence-corrected chi connectivity index (χ4v) is 2.33. The number of hydrogen-bond acceptors (Lipinski definition) is 3. The van der Waals surface area contributed by atoms with E-state index in [0.29, 0.717) is 19.7 Å². The SMILES string of the molecule is NCCCN(C(=O)C1CCCCO1)c1ccccc1. The molecule has 1 atom stereocenters. The van der Waals surface area contributed by atoms with Gasteiger partial charge in [0.1, 0.15) is 6.10 Å². The molecule has 2 N–H and O–H groups in total. The largest absolute Gasteiger partial charge is 0.368 e. The van der Waals surface area contributed by atoms with Crippen LogP contribution in [0.25, 0.3) is 0 Å². The Morgan fingerprint density at radius 3 is 2.74 bits per heavy atom. The van der Waals surface area contributed by atoms with Crippen LogP contribution in [0.3, 0.4) is 0 Å². The molecule has 1 unspecified atom stereocenters. The van der Waals surface area contributed by atoms with Gasteiger partial charge in [0.05, 0.1) is 0 Å². The predicted octanol–water partition coefficient (Wildman–Crippen LogP) is 1.94.